The van der Waals surface area contributed by atoms with Gasteiger partial charge in [-0.3, -0.25) is 14.7 Å². The average Bonchev–Trinajstić information content (AvgIpc) is 3.13. The molecule has 33 heavy (non-hydrogen) atoms. The number of hydrogen-bond donors (Lipinski definition) is 0. The molecule has 0 saturated carbocycles. The standard InChI is InChI=1S/C22H20BrClN4O4S/c1-4-10-32-21-18(23)11-15(12-19(21)31-5-2)20(13-27(29)30)33-22-26-25-14(3)28(22)17-8-6-16(24)7-9-17/h1,6-9,11-12,20H,5,10,13H2,2-3H3/t20-/m0/s1. The van der Waals surface area contributed by atoms with Crippen LogP contribution in [0.2, 0.25) is 5.02 Å². The van der Waals surface area contributed by atoms with E-state index in [4.69, 9.17) is 27.5 Å². The molecule has 0 aliphatic carbocycles. The van der Waals surface area contributed by atoms with Crippen molar-refractivity contribution >= 4 is 39.3 Å². The molecule has 1 heterocycles. The lowest BCUT2D eigenvalue weighted by molar-refractivity contribution is -0.479. The zero-order valence-electron chi connectivity index (χ0n) is 17.8. The minimum atomic E-state index is -0.577. The molecule has 0 bridgehead atoms. The van der Waals surface area contributed by atoms with Gasteiger partial charge in [0.25, 0.3) is 0 Å². The van der Waals surface area contributed by atoms with Gasteiger partial charge in [-0.05, 0) is 71.7 Å². The van der Waals surface area contributed by atoms with Gasteiger partial charge in [-0.25, -0.2) is 0 Å². The quantitative estimate of drug-likeness (QED) is 0.142. The number of aryl methyl sites for hydroxylation is 1. The normalized spacial score (nSPS) is 11.6. The van der Waals surface area contributed by atoms with Gasteiger partial charge in [-0.2, -0.15) is 0 Å². The Labute approximate surface area is 208 Å². The Kier molecular flexibility index (Phi) is 8.61. The topological polar surface area (TPSA) is 92.3 Å². The molecule has 0 N–H and O–H groups in total. The van der Waals surface area contributed by atoms with Crippen LogP contribution in [0.5, 0.6) is 11.5 Å². The molecular formula is C22H20BrClN4O4S. The second-order valence-electron chi connectivity index (χ2n) is 6.72. The first kappa shape index (κ1) is 24.9. The van der Waals surface area contributed by atoms with Crippen LogP contribution in [0.1, 0.15) is 23.6 Å². The maximum Gasteiger partial charge on any atom is 0.220 e. The lowest BCUT2D eigenvalue weighted by Crippen LogP contribution is -2.12. The summed E-state index contributed by atoms with van der Waals surface area (Å²) < 4.78 is 13.7. The summed E-state index contributed by atoms with van der Waals surface area (Å²) in [4.78, 5) is 11.2. The molecule has 8 nitrogen and oxygen atoms in total. The Morgan fingerprint density at radius 2 is 2.03 bits per heavy atom. The van der Waals surface area contributed by atoms with E-state index in [2.05, 4.69) is 32.0 Å². The van der Waals surface area contributed by atoms with E-state index in [9.17, 15) is 10.1 Å². The highest BCUT2D eigenvalue weighted by molar-refractivity contribution is 9.10. The molecule has 2 aromatic carbocycles. The fraction of sp³-hybridized carbons (Fsp3) is 0.273. The predicted octanol–water partition coefficient (Wildman–Crippen LogP) is 5.51. The maximum atomic E-state index is 11.5. The van der Waals surface area contributed by atoms with Crippen LogP contribution in [0.3, 0.4) is 0 Å². The zero-order valence-corrected chi connectivity index (χ0v) is 21.0. The van der Waals surface area contributed by atoms with Crippen molar-refractivity contribution < 1.29 is 14.4 Å². The zero-order chi connectivity index (χ0) is 24.0. The first-order valence-corrected chi connectivity index (χ1v) is 11.9. The smallest absolute Gasteiger partial charge is 0.220 e. The summed E-state index contributed by atoms with van der Waals surface area (Å²) in [5.74, 6) is 3.96. The molecule has 0 unspecified atom stereocenters. The van der Waals surface area contributed by atoms with E-state index in [-0.39, 0.29) is 18.1 Å². The van der Waals surface area contributed by atoms with Crippen molar-refractivity contribution in [2.45, 2.75) is 24.3 Å². The molecule has 0 spiro atoms. The molecule has 0 fully saturated rings. The third kappa shape index (κ3) is 6.19. The predicted molar refractivity (Wildman–Crippen MR) is 131 cm³/mol. The highest BCUT2D eigenvalue weighted by atomic mass is 79.9. The Balaban J connectivity index is 2.02. The van der Waals surface area contributed by atoms with Crippen molar-refractivity contribution in [3.63, 3.8) is 0 Å². The maximum absolute atomic E-state index is 11.5. The molecule has 172 valence electrons. The molecule has 0 aliphatic rings. The summed E-state index contributed by atoms with van der Waals surface area (Å²) in [6.07, 6.45) is 5.31. The summed E-state index contributed by atoms with van der Waals surface area (Å²) in [6, 6.07) is 10.7. The number of ether oxygens (including phenoxy) is 2. The van der Waals surface area contributed by atoms with Crippen LogP contribution < -0.4 is 9.47 Å². The minimum absolute atomic E-state index is 0.0641. The van der Waals surface area contributed by atoms with Gasteiger partial charge in [0, 0.05) is 15.6 Å². The number of benzene rings is 2. The third-order valence-corrected chi connectivity index (χ3v) is 6.47. The second kappa shape index (κ2) is 11.4. The minimum Gasteiger partial charge on any atom is -0.490 e. The Bertz CT molecular complexity index is 1180. The summed E-state index contributed by atoms with van der Waals surface area (Å²) in [5, 5.41) is 20.5. The van der Waals surface area contributed by atoms with Crippen LogP contribution in [0.25, 0.3) is 5.69 Å². The molecule has 3 rings (SSSR count). The first-order chi connectivity index (χ1) is 15.8. The number of thioether (sulfide) groups is 1. The fourth-order valence-electron chi connectivity index (χ4n) is 3.07. The molecule has 0 amide bonds. The lowest BCUT2D eigenvalue weighted by Gasteiger charge is -2.18. The largest absolute Gasteiger partial charge is 0.490 e. The van der Waals surface area contributed by atoms with Gasteiger partial charge < -0.3 is 9.47 Å². The monoisotopic (exact) mass is 550 g/mol. The second-order valence-corrected chi connectivity index (χ2v) is 9.18. The van der Waals surface area contributed by atoms with E-state index >= 15 is 0 Å². The van der Waals surface area contributed by atoms with E-state index in [1.807, 2.05) is 30.5 Å². The fourth-order valence-corrected chi connectivity index (χ4v) is 4.92. The molecule has 0 saturated heterocycles. The van der Waals surface area contributed by atoms with Crippen LogP contribution in [-0.4, -0.2) is 39.4 Å². The van der Waals surface area contributed by atoms with E-state index in [0.29, 0.717) is 44.1 Å². The highest BCUT2D eigenvalue weighted by Gasteiger charge is 2.26. The van der Waals surface area contributed by atoms with Crippen LogP contribution in [0, 0.1) is 29.4 Å². The van der Waals surface area contributed by atoms with E-state index in [1.165, 1.54) is 11.8 Å². The van der Waals surface area contributed by atoms with Crippen molar-refractivity contribution in [2.24, 2.45) is 0 Å². The number of hydrogen-bond acceptors (Lipinski definition) is 7. The van der Waals surface area contributed by atoms with Crippen LogP contribution in [0.4, 0.5) is 0 Å². The van der Waals surface area contributed by atoms with Gasteiger partial charge in [0.1, 0.15) is 17.7 Å². The third-order valence-electron chi connectivity index (χ3n) is 4.45. The van der Waals surface area contributed by atoms with Gasteiger partial charge in [0.2, 0.25) is 6.54 Å². The number of nitrogens with zero attached hydrogens (tertiary/aromatic N) is 4. The molecule has 0 aliphatic heterocycles. The highest BCUT2D eigenvalue weighted by Crippen LogP contribution is 2.43. The lowest BCUT2D eigenvalue weighted by atomic mass is 10.1. The Hall–Kier alpha value is -2.74. The summed E-state index contributed by atoms with van der Waals surface area (Å²) in [6.45, 7) is 3.77. The molecule has 3 aromatic rings. The number of nitro groups is 1. The Morgan fingerprint density at radius 3 is 2.67 bits per heavy atom. The summed E-state index contributed by atoms with van der Waals surface area (Å²) >= 11 is 10.7. The van der Waals surface area contributed by atoms with E-state index < -0.39 is 5.25 Å². The molecule has 0 radical (unpaired) electrons. The summed E-state index contributed by atoms with van der Waals surface area (Å²) in [7, 11) is 0. The SMILES string of the molecule is C#CCOc1c(Br)cc([C@H](C[N+](=O)[O-])Sc2nnc(C)n2-c2ccc(Cl)cc2)cc1OCC. The van der Waals surface area contributed by atoms with E-state index in [0.717, 1.165) is 5.69 Å². The van der Waals surface area contributed by atoms with E-state index in [1.54, 1.807) is 24.3 Å². The van der Waals surface area contributed by atoms with Crippen LogP contribution >= 0.6 is 39.3 Å². The molecule has 11 heteroatoms. The van der Waals surface area contributed by atoms with Gasteiger partial charge in [-0.15, -0.1) is 16.6 Å². The Morgan fingerprint density at radius 1 is 1.30 bits per heavy atom. The van der Waals surface area contributed by atoms with Crippen molar-refractivity contribution in [1.29, 1.82) is 0 Å². The van der Waals surface area contributed by atoms with Gasteiger partial charge >= 0.3 is 0 Å². The first-order valence-electron chi connectivity index (χ1n) is 9.83. The van der Waals surface area contributed by atoms with Gasteiger partial charge in [0.15, 0.2) is 16.7 Å². The molecule has 1 aromatic heterocycles. The van der Waals surface area contributed by atoms with Crippen LogP contribution in [0.15, 0.2) is 46.0 Å². The number of aromatic nitrogens is 3. The number of rotatable bonds is 10. The van der Waals surface area contributed by atoms with Crippen molar-refractivity contribution in [1.82, 2.24) is 14.8 Å². The summed E-state index contributed by atoms with van der Waals surface area (Å²) in [5.41, 5.74) is 1.47. The van der Waals surface area contributed by atoms with Gasteiger partial charge in [0.05, 0.1) is 11.1 Å². The van der Waals surface area contributed by atoms with Crippen molar-refractivity contribution in [2.75, 3.05) is 19.8 Å². The number of halogens is 2. The van der Waals surface area contributed by atoms with Crippen molar-refractivity contribution in [3.8, 4) is 29.5 Å². The van der Waals surface area contributed by atoms with Gasteiger partial charge in [-0.1, -0.05) is 29.3 Å². The van der Waals surface area contributed by atoms with Crippen LogP contribution in [-0.2, 0) is 0 Å². The average molecular weight is 552 g/mol. The molecule has 1 atom stereocenters. The molecular weight excluding hydrogens is 532 g/mol. The number of terminal acetylenes is 1. The van der Waals surface area contributed by atoms with Crippen molar-refractivity contribution in [3.05, 3.63) is 67.4 Å².